The van der Waals surface area contributed by atoms with E-state index in [1.54, 1.807) is 7.11 Å². The van der Waals surface area contributed by atoms with Crippen LogP contribution in [0.3, 0.4) is 0 Å². The van der Waals surface area contributed by atoms with Crippen LogP contribution in [0.15, 0.2) is 48.5 Å². The third-order valence-corrected chi connectivity index (χ3v) is 4.22. The van der Waals surface area contributed by atoms with Crippen molar-refractivity contribution in [3.05, 3.63) is 59.7 Å². The molecule has 2 aromatic carbocycles. The molecule has 1 aliphatic heterocycles. The SMILES string of the molecule is COc1cccc(CCc2ccccc2OC[C@H]2CNCCO2)c1.Cl. The minimum Gasteiger partial charge on any atom is -0.497 e. The van der Waals surface area contributed by atoms with Gasteiger partial charge in [-0.2, -0.15) is 0 Å². The van der Waals surface area contributed by atoms with Crippen molar-refractivity contribution >= 4 is 12.4 Å². The lowest BCUT2D eigenvalue weighted by atomic mass is 10.0. The molecule has 1 N–H and O–H groups in total. The van der Waals surface area contributed by atoms with Crippen LogP contribution in [0.1, 0.15) is 11.1 Å². The predicted molar refractivity (Wildman–Crippen MR) is 102 cm³/mol. The quantitative estimate of drug-likeness (QED) is 0.819. The summed E-state index contributed by atoms with van der Waals surface area (Å²) < 4.78 is 17.0. The van der Waals surface area contributed by atoms with E-state index < -0.39 is 0 Å². The molecule has 136 valence electrons. The molecule has 0 spiro atoms. The normalized spacial score (nSPS) is 16.8. The third kappa shape index (κ3) is 5.92. The van der Waals surface area contributed by atoms with Crippen molar-refractivity contribution < 1.29 is 14.2 Å². The summed E-state index contributed by atoms with van der Waals surface area (Å²) in [7, 11) is 1.70. The Morgan fingerprint density at radius 2 is 2.00 bits per heavy atom. The first kappa shape index (κ1) is 19.6. The number of ether oxygens (including phenoxy) is 3. The molecule has 0 aromatic heterocycles. The van der Waals surface area contributed by atoms with Gasteiger partial charge in [0, 0.05) is 13.1 Å². The number of rotatable bonds is 7. The van der Waals surface area contributed by atoms with E-state index in [0.717, 1.165) is 44.0 Å². The van der Waals surface area contributed by atoms with Crippen molar-refractivity contribution in [3.63, 3.8) is 0 Å². The van der Waals surface area contributed by atoms with Gasteiger partial charge in [0.15, 0.2) is 0 Å². The van der Waals surface area contributed by atoms with Gasteiger partial charge in [-0.25, -0.2) is 0 Å². The molecular formula is C20H26ClNO3. The fourth-order valence-corrected chi connectivity index (χ4v) is 2.87. The largest absolute Gasteiger partial charge is 0.497 e. The van der Waals surface area contributed by atoms with E-state index in [4.69, 9.17) is 14.2 Å². The number of aryl methyl sites for hydroxylation is 2. The van der Waals surface area contributed by atoms with Crippen molar-refractivity contribution in [1.29, 1.82) is 0 Å². The van der Waals surface area contributed by atoms with Crippen LogP contribution in [-0.2, 0) is 17.6 Å². The van der Waals surface area contributed by atoms with Gasteiger partial charge < -0.3 is 19.5 Å². The lowest BCUT2D eigenvalue weighted by Crippen LogP contribution is -2.41. The predicted octanol–water partition coefficient (Wildman–Crippen LogP) is 3.27. The number of methoxy groups -OCH3 is 1. The first-order valence-electron chi connectivity index (χ1n) is 8.51. The number of nitrogens with one attached hydrogen (secondary N) is 1. The molecule has 1 fully saturated rings. The Labute approximate surface area is 155 Å². The molecule has 0 amide bonds. The minimum absolute atomic E-state index is 0. The molecule has 5 heteroatoms. The van der Waals surface area contributed by atoms with Crippen LogP contribution in [0.4, 0.5) is 0 Å². The molecule has 1 saturated heterocycles. The standard InChI is InChI=1S/C20H25NO3.ClH/c1-22-18-7-4-5-16(13-18)9-10-17-6-2-3-8-20(17)24-15-19-14-21-11-12-23-19;/h2-8,13,19,21H,9-12,14-15H2,1H3;1H/t19-;/m1./s1. The van der Waals surface area contributed by atoms with Crippen molar-refractivity contribution in [3.8, 4) is 11.5 Å². The Bertz CT molecular complexity index is 644. The monoisotopic (exact) mass is 363 g/mol. The molecule has 3 rings (SSSR count). The summed E-state index contributed by atoms with van der Waals surface area (Å²) in [5.41, 5.74) is 2.49. The molecular weight excluding hydrogens is 338 g/mol. The maximum Gasteiger partial charge on any atom is 0.122 e. The van der Waals surface area contributed by atoms with E-state index in [1.807, 2.05) is 24.3 Å². The highest BCUT2D eigenvalue weighted by Crippen LogP contribution is 2.22. The Balaban J connectivity index is 0.00000225. The van der Waals surface area contributed by atoms with Gasteiger partial charge in [-0.15, -0.1) is 12.4 Å². The molecule has 1 heterocycles. The molecule has 0 bridgehead atoms. The fourth-order valence-electron chi connectivity index (χ4n) is 2.87. The second-order valence-electron chi connectivity index (χ2n) is 5.97. The molecule has 0 aliphatic carbocycles. The van der Waals surface area contributed by atoms with Gasteiger partial charge in [0.05, 0.1) is 13.7 Å². The van der Waals surface area contributed by atoms with Gasteiger partial charge in [0.2, 0.25) is 0 Å². The molecule has 4 nitrogen and oxygen atoms in total. The number of benzene rings is 2. The van der Waals surface area contributed by atoms with Crippen LogP contribution >= 0.6 is 12.4 Å². The van der Waals surface area contributed by atoms with Crippen LogP contribution in [-0.4, -0.2) is 39.5 Å². The van der Waals surface area contributed by atoms with Crippen molar-refractivity contribution in [2.75, 3.05) is 33.4 Å². The van der Waals surface area contributed by atoms with E-state index >= 15 is 0 Å². The zero-order valence-corrected chi connectivity index (χ0v) is 15.4. The average molecular weight is 364 g/mol. The summed E-state index contributed by atoms with van der Waals surface area (Å²) in [6.45, 7) is 3.12. The van der Waals surface area contributed by atoms with Crippen molar-refractivity contribution in [2.45, 2.75) is 18.9 Å². The smallest absolute Gasteiger partial charge is 0.122 e. The maximum atomic E-state index is 6.02. The van der Waals surface area contributed by atoms with Gasteiger partial charge in [0.25, 0.3) is 0 Å². The summed E-state index contributed by atoms with van der Waals surface area (Å²) >= 11 is 0. The Morgan fingerprint density at radius 3 is 2.80 bits per heavy atom. The van der Waals surface area contributed by atoms with Gasteiger partial charge >= 0.3 is 0 Å². The Kier molecular flexibility index (Phi) is 8.06. The Hall–Kier alpha value is -1.75. The second-order valence-corrected chi connectivity index (χ2v) is 5.97. The van der Waals surface area contributed by atoms with E-state index in [1.165, 1.54) is 11.1 Å². The number of hydrogen-bond donors (Lipinski definition) is 1. The lowest BCUT2D eigenvalue weighted by molar-refractivity contribution is 0.0000136. The molecule has 25 heavy (non-hydrogen) atoms. The molecule has 2 aromatic rings. The Morgan fingerprint density at radius 1 is 1.12 bits per heavy atom. The first-order chi connectivity index (χ1) is 11.8. The summed E-state index contributed by atoms with van der Waals surface area (Å²) in [5.74, 6) is 1.86. The number of hydrogen-bond acceptors (Lipinski definition) is 4. The topological polar surface area (TPSA) is 39.7 Å². The van der Waals surface area contributed by atoms with Gasteiger partial charge in [-0.3, -0.25) is 0 Å². The number of morpholine rings is 1. The first-order valence-corrected chi connectivity index (χ1v) is 8.51. The van der Waals surface area contributed by atoms with E-state index in [0.29, 0.717) is 6.61 Å². The lowest BCUT2D eigenvalue weighted by Gasteiger charge is -2.24. The average Bonchev–Trinajstić information content (AvgIpc) is 2.66. The zero-order chi connectivity index (χ0) is 16.6. The van der Waals surface area contributed by atoms with E-state index in [9.17, 15) is 0 Å². The van der Waals surface area contributed by atoms with Gasteiger partial charge in [-0.1, -0.05) is 30.3 Å². The highest BCUT2D eigenvalue weighted by Gasteiger charge is 2.14. The number of para-hydroxylation sites is 1. The molecule has 0 unspecified atom stereocenters. The van der Waals surface area contributed by atoms with Gasteiger partial charge in [-0.05, 0) is 42.2 Å². The highest BCUT2D eigenvalue weighted by molar-refractivity contribution is 5.85. The summed E-state index contributed by atoms with van der Waals surface area (Å²) in [5, 5.41) is 3.33. The summed E-state index contributed by atoms with van der Waals surface area (Å²) in [6.07, 6.45) is 2.02. The van der Waals surface area contributed by atoms with E-state index in [-0.39, 0.29) is 18.5 Å². The summed E-state index contributed by atoms with van der Waals surface area (Å²) in [6, 6.07) is 16.5. The highest BCUT2D eigenvalue weighted by atomic mass is 35.5. The zero-order valence-electron chi connectivity index (χ0n) is 14.6. The van der Waals surface area contributed by atoms with E-state index in [2.05, 4.69) is 29.6 Å². The fraction of sp³-hybridized carbons (Fsp3) is 0.400. The summed E-state index contributed by atoms with van der Waals surface area (Å²) in [4.78, 5) is 0. The minimum atomic E-state index is 0. The molecule has 0 saturated carbocycles. The molecule has 0 radical (unpaired) electrons. The van der Waals surface area contributed by atoms with Crippen LogP contribution < -0.4 is 14.8 Å². The van der Waals surface area contributed by atoms with Crippen LogP contribution in [0.2, 0.25) is 0 Å². The molecule has 1 aliphatic rings. The second kappa shape index (κ2) is 10.3. The van der Waals surface area contributed by atoms with Crippen LogP contribution in [0.5, 0.6) is 11.5 Å². The van der Waals surface area contributed by atoms with Crippen molar-refractivity contribution in [1.82, 2.24) is 5.32 Å². The maximum absolute atomic E-state index is 6.02. The van der Waals surface area contributed by atoms with Crippen molar-refractivity contribution in [2.24, 2.45) is 0 Å². The third-order valence-electron chi connectivity index (χ3n) is 4.22. The molecule has 1 atom stereocenters. The van der Waals surface area contributed by atoms with Crippen LogP contribution in [0, 0.1) is 0 Å². The number of halogens is 1. The van der Waals surface area contributed by atoms with Crippen LogP contribution in [0.25, 0.3) is 0 Å². The van der Waals surface area contributed by atoms with Gasteiger partial charge in [0.1, 0.15) is 24.2 Å².